The Kier molecular flexibility index (Phi) is 7.73. The first-order valence-corrected chi connectivity index (χ1v) is 8.80. The van der Waals surface area contributed by atoms with E-state index in [1.54, 1.807) is 6.07 Å². The van der Waals surface area contributed by atoms with Crippen LogP contribution >= 0.6 is 0 Å². The second-order valence-electron chi connectivity index (χ2n) is 5.98. The molecule has 0 aliphatic heterocycles. The lowest BCUT2D eigenvalue weighted by molar-refractivity contribution is 0.0954. The molecule has 27 heavy (non-hydrogen) atoms. The molecule has 2 aromatic carbocycles. The average Bonchev–Trinajstić information content (AvgIpc) is 2.65. The van der Waals surface area contributed by atoms with E-state index in [1.165, 1.54) is 0 Å². The van der Waals surface area contributed by atoms with Crippen LogP contribution in [-0.4, -0.2) is 31.5 Å². The molecule has 0 atom stereocenters. The number of hydrogen-bond donors (Lipinski definition) is 3. The number of carbonyl (C=O) groups is 1. The summed E-state index contributed by atoms with van der Waals surface area (Å²) in [6.07, 6.45) is 0. The molecule has 5 nitrogen and oxygen atoms in total. The van der Waals surface area contributed by atoms with Gasteiger partial charge in [0, 0.05) is 30.8 Å². The summed E-state index contributed by atoms with van der Waals surface area (Å²) >= 11 is 0. The summed E-state index contributed by atoms with van der Waals surface area (Å²) in [5.41, 5.74) is 1.81. The lowest BCUT2D eigenvalue weighted by Gasteiger charge is -2.12. The number of nitrogens with zero attached hydrogens (tertiary/aromatic N) is 1. The molecular weight excluding hydrogens is 350 g/mol. The van der Waals surface area contributed by atoms with Gasteiger partial charge in [-0.15, -0.1) is 0 Å². The van der Waals surface area contributed by atoms with Gasteiger partial charge < -0.3 is 16.0 Å². The number of benzene rings is 2. The SMILES string of the molecule is CCNC(=NCc1cc(F)ccc1F)NCCNC(=O)c1cccc(C)c1. The molecule has 1 amide bonds. The lowest BCUT2D eigenvalue weighted by atomic mass is 10.1. The average molecular weight is 374 g/mol. The van der Waals surface area contributed by atoms with Crippen LogP contribution in [0.4, 0.5) is 8.78 Å². The number of nitrogens with one attached hydrogen (secondary N) is 3. The summed E-state index contributed by atoms with van der Waals surface area (Å²) in [5, 5.41) is 8.90. The third-order valence-corrected chi connectivity index (χ3v) is 3.74. The molecule has 0 radical (unpaired) electrons. The van der Waals surface area contributed by atoms with Gasteiger partial charge in [-0.25, -0.2) is 13.8 Å². The Morgan fingerprint density at radius 2 is 1.81 bits per heavy atom. The first-order chi connectivity index (χ1) is 13.0. The zero-order valence-corrected chi connectivity index (χ0v) is 15.5. The van der Waals surface area contributed by atoms with Gasteiger partial charge >= 0.3 is 0 Å². The largest absolute Gasteiger partial charge is 0.357 e. The van der Waals surface area contributed by atoms with E-state index in [0.29, 0.717) is 31.2 Å². The predicted molar refractivity (Wildman–Crippen MR) is 103 cm³/mol. The Morgan fingerprint density at radius 3 is 2.56 bits per heavy atom. The fourth-order valence-electron chi connectivity index (χ4n) is 2.42. The third-order valence-electron chi connectivity index (χ3n) is 3.74. The first kappa shape index (κ1) is 20.4. The normalized spacial score (nSPS) is 11.2. The molecule has 3 N–H and O–H groups in total. The molecule has 0 aromatic heterocycles. The highest BCUT2D eigenvalue weighted by atomic mass is 19.1. The molecule has 0 bridgehead atoms. The van der Waals surface area contributed by atoms with Gasteiger partial charge in [0.2, 0.25) is 0 Å². The van der Waals surface area contributed by atoms with Crippen molar-refractivity contribution < 1.29 is 13.6 Å². The van der Waals surface area contributed by atoms with E-state index in [-0.39, 0.29) is 18.0 Å². The number of amides is 1. The van der Waals surface area contributed by atoms with Crippen LogP contribution < -0.4 is 16.0 Å². The van der Waals surface area contributed by atoms with Crippen molar-refractivity contribution in [2.24, 2.45) is 4.99 Å². The molecule has 0 saturated carbocycles. The van der Waals surface area contributed by atoms with Gasteiger partial charge in [-0.05, 0) is 44.2 Å². The van der Waals surface area contributed by atoms with E-state index in [9.17, 15) is 13.6 Å². The molecule has 0 fully saturated rings. The molecule has 0 spiro atoms. The number of aliphatic imine (C=N–C) groups is 1. The highest BCUT2D eigenvalue weighted by Crippen LogP contribution is 2.10. The van der Waals surface area contributed by atoms with Crippen molar-refractivity contribution in [3.8, 4) is 0 Å². The van der Waals surface area contributed by atoms with E-state index < -0.39 is 11.6 Å². The van der Waals surface area contributed by atoms with Gasteiger partial charge in [-0.3, -0.25) is 4.79 Å². The van der Waals surface area contributed by atoms with Crippen LogP contribution in [0.25, 0.3) is 0 Å². The lowest BCUT2D eigenvalue weighted by Crippen LogP contribution is -2.41. The fourth-order valence-corrected chi connectivity index (χ4v) is 2.42. The van der Waals surface area contributed by atoms with Gasteiger partial charge in [0.15, 0.2) is 5.96 Å². The molecule has 0 aliphatic carbocycles. The monoisotopic (exact) mass is 374 g/mol. The van der Waals surface area contributed by atoms with E-state index >= 15 is 0 Å². The Balaban J connectivity index is 1.85. The van der Waals surface area contributed by atoms with E-state index in [0.717, 1.165) is 23.8 Å². The van der Waals surface area contributed by atoms with Crippen LogP contribution in [0.2, 0.25) is 0 Å². The Bertz CT molecular complexity index is 808. The van der Waals surface area contributed by atoms with Crippen molar-refractivity contribution >= 4 is 11.9 Å². The zero-order chi connectivity index (χ0) is 19.6. The maximum absolute atomic E-state index is 13.7. The molecule has 0 unspecified atom stereocenters. The standard InChI is InChI=1S/C20H24F2N4O/c1-3-23-20(26-13-16-12-17(21)7-8-18(16)22)25-10-9-24-19(27)15-6-4-5-14(2)11-15/h4-8,11-12H,3,9-10,13H2,1-2H3,(H,24,27)(H2,23,25,26). The molecule has 144 valence electrons. The number of carbonyl (C=O) groups excluding carboxylic acids is 1. The van der Waals surface area contributed by atoms with Gasteiger partial charge in [-0.1, -0.05) is 17.7 Å². The summed E-state index contributed by atoms with van der Waals surface area (Å²) in [6, 6.07) is 10.6. The number of halogens is 2. The molecule has 0 aliphatic rings. The molecule has 0 heterocycles. The van der Waals surface area contributed by atoms with Crippen molar-refractivity contribution in [1.29, 1.82) is 0 Å². The van der Waals surface area contributed by atoms with Gasteiger partial charge in [0.1, 0.15) is 11.6 Å². The highest BCUT2D eigenvalue weighted by molar-refractivity contribution is 5.94. The number of rotatable bonds is 7. The van der Waals surface area contributed by atoms with Crippen molar-refractivity contribution in [1.82, 2.24) is 16.0 Å². The maximum Gasteiger partial charge on any atom is 0.251 e. The van der Waals surface area contributed by atoms with Crippen LogP contribution in [-0.2, 0) is 6.54 Å². The van der Waals surface area contributed by atoms with Gasteiger partial charge in [0.05, 0.1) is 6.54 Å². The number of guanidine groups is 1. The number of aryl methyl sites for hydroxylation is 1. The van der Waals surface area contributed by atoms with Crippen molar-refractivity contribution in [3.63, 3.8) is 0 Å². The second kappa shape index (κ2) is 10.3. The van der Waals surface area contributed by atoms with Crippen LogP contribution in [0, 0.1) is 18.6 Å². The molecule has 0 saturated heterocycles. The summed E-state index contributed by atoms with van der Waals surface area (Å²) in [4.78, 5) is 16.3. The molecule has 2 rings (SSSR count). The molecular formula is C20H24F2N4O. The Morgan fingerprint density at radius 1 is 1.04 bits per heavy atom. The minimum Gasteiger partial charge on any atom is -0.357 e. The summed E-state index contributed by atoms with van der Waals surface area (Å²) < 4.78 is 26.9. The van der Waals surface area contributed by atoms with E-state index in [4.69, 9.17) is 0 Å². The molecule has 7 heteroatoms. The van der Waals surface area contributed by atoms with Crippen LogP contribution in [0.15, 0.2) is 47.5 Å². The second-order valence-corrected chi connectivity index (χ2v) is 5.98. The highest BCUT2D eigenvalue weighted by Gasteiger charge is 2.06. The van der Waals surface area contributed by atoms with Crippen molar-refractivity contribution in [2.45, 2.75) is 20.4 Å². The first-order valence-electron chi connectivity index (χ1n) is 8.80. The quantitative estimate of drug-likeness (QED) is 0.397. The fraction of sp³-hybridized carbons (Fsp3) is 0.300. The zero-order valence-electron chi connectivity index (χ0n) is 15.5. The maximum atomic E-state index is 13.7. The Hall–Kier alpha value is -2.96. The summed E-state index contributed by atoms with van der Waals surface area (Å²) in [5.74, 6) is -0.685. The van der Waals surface area contributed by atoms with Crippen molar-refractivity contribution in [2.75, 3.05) is 19.6 Å². The van der Waals surface area contributed by atoms with Gasteiger partial charge in [0.25, 0.3) is 5.91 Å². The minimum absolute atomic E-state index is 0.00851. The number of hydrogen-bond acceptors (Lipinski definition) is 2. The van der Waals surface area contributed by atoms with Crippen LogP contribution in [0.5, 0.6) is 0 Å². The van der Waals surface area contributed by atoms with Crippen LogP contribution in [0.3, 0.4) is 0 Å². The predicted octanol–water partition coefficient (Wildman–Crippen LogP) is 2.76. The van der Waals surface area contributed by atoms with Crippen molar-refractivity contribution in [3.05, 3.63) is 70.8 Å². The van der Waals surface area contributed by atoms with Gasteiger partial charge in [-0.2, -0.15) is 0 Å². The van der Waals surface area contributed by atoms with E-state index in [1.807, 2.05) is 32.0 Å². The topological polar surface area (TPSA) is 65.5 Å². The van der Waals surface area contributed by atoms with Crippen LogP contribution in [0.1, 0.15) is 28.4 Å². The summed E-state index contributed by atoms with van der Waals surface area (Å²) in [7, 11) is 0. The minimum atomic E-state index is -0.501. The summed E-state index contributed by atoms with van der Waals surface area (Å²) in [6.45, 7) is 5.29. The van der Waals surface area contributed by atoms with E-state index in [2.05, 4.69) is 20.9 Å². The Labute approximate surface area is 157 Å². The third kappa shape index (κ3) is 6.69. The molecule has 2 aromatic rings. The smallest absolute Gasteiger partial charge is 0.251 e.